The molecule has 0 aliphatic carbocycles. The molecule has 0 radical (unpaired) electrons. The lowest BCUT2D eigenvalue weighted by Crippen LogP contribution is -2.41. The van der Waals surface area contributed by atoms with Crippen LogP contribution >= 0.6 is 24.0 Å². The summed E-state index contributed by atoms with van der Waals surface area (Å²) in [5.74, 6) is 0.587. The zero-order valence-electron chi connectivity index (χ0n) is 14.5. The maximum Gasteiger partial charge on any atom is 0.191 e. The molecule has 0 saturated heterocycles. The van der Waals surface area contributed by atoms with Gasteiger partial charge in [0.15, 0.2) is 5.96 Å². The van der Waals surface area contributed by atoms with Crippen molar-refractivity contribution >= 4 is 40.8 Å². The highest BCUT2D eigenvalue weighted by Crippen LogP contribution is 2.19. The van der Waals surface area contributed by atoms with Crippen LogP contribution in [0.4, 0.5) is 4.39 Å². The molecule has 0 amide bonds. The van der Waals surface area contributed by atoms with Crippen molar-refractivity contribution in [3.63, 3.8) is 0 Å². The van der Waals surface area contributed by atoms with Gasteiger partial charge in [-0.25, -0.2) is 4.39 Å². The van der Waals surface area contributed by atoms with E-state index in [-0.39, 0.29) is 29.8 Å². The minimum Gasteiger partial charge on any atom is -0.361 e. The van der Waals surface area contributed by atoms with Gasteiger partial charge in [-0.1, -0.05) is 6.92 Å². The van der Waals surface area contributed by atoms with Crippen LogP contribution in [-0.2, 0) is 6.42 Å². The molecule has 0 atom stereocenters. The molecule has 2 rings (SSSR count). The summed E-state index contributed by atoms with van der Waals surface area (Å²) in [6.07, 6.45) is 2.75. The van der Waals surface area contributed by atoms with Gasteiger partial charge >= 0.3 is 0 Å². The van der Waals surface area contributed by atoms with Crippen molar-refractivity contribution in [3.8, 4) is 0 Å². The number of nitrogens with one attached hydrogen (secondary N) is 3. The van der Waals surface area contributed by atoms with Crippen molar-refractivity contribution in [1.82, 2.24) is 20.5 Å². The Bertz CT molecular complexity index is 655. The largest absolute Gasteiger partial charge is 0.361 e. The fourth-order valence-electron chi connectivity index (χ4n) is 2.42. The van der Waals surface area contributed by atoms with Gasteiger partial charge < -0.3 is 20.5 Å². The first-order chi connectivity index (χ1) is 11.1. The van der Waals surface area contributed by atoms with Crippen LogP contribution in [-0.4, -0.2) is 56.1 Å². The van der Waals surface area contributed by atoms with Crippen molar-refractivity contribution in [1.29, 1.82) is 0 Å². The number of fused-ring (bicyclic) bond motifs is 1. The van der Waals surface area contributed by atoms with E-state index in [1.54, 1.807) is 19.2 Å². The third-order valence-corrected chi connectivity index (χ3v) is 3.97. The Kier molecular flexibility index (Phi) is 9.05. The normalized spacial score (nSPS) is 11.6. The summed E-state index contributed by atoms with van der Waals surface area (Å²) in [4.78, 5) is 9.63. The maximum atomic E-state index is 13.4. The van der Waals surface area contributed by atoms with Crippen molar-refractivity contribution in [3.05, 3.63) is 35.8 Å². The fourth-order valence-corrected chi connectivity index (χ4v) is 2.42. The second-order valence-electron chi connectivity index (χ2n) is 5.58. The second-order valence-corrected chi connectivity index (χ2v) is 5.58. The molecule has 0 aliphatic heterocycles. The highest BCUT2D eigenvalue weighted by atomic mass is 127. The summed E-state index contributed by atoms with van der Waals surface area (Å²) < 4.78 is 13.4. The van der Waals surface area contributed by atoms with Gasteiger partial charge in [0.1, 0.15) is 5.82 Å². The van der Waals surface area contributed by atoms with Crippen LogP contribution in [0.2, 0.25) is 0 Å². The van der Waals surface area contributed by atoms with E-state index in [0.717, 1.165) is 55.0 Å². The SMILES string of the molecule is CCN(C)CCNC(=NC)NCCc1c[nH]c2ccc(F)cc12.I. The molecule has 1 aromatic carbocycles. The van der Waals surface area contributed by atoms with Crippen molar-refractivity contribution in [2.24, 2.45) is 4.99 Å². The average molecular weight is 447 g/mol. The molecule has 0 spiro atoms. The van der Waals surface area contributed by atoms with Crippen LogP contribution in [0.1, 0.15) is 12.5 Å². The van der Waals surface area contributed by atoms with E-state index in [0.29, 0.717) is 0 Å². The minimum absolute atomic E-state index is 0. The highest BCUT2D eigenvalue weighted by molar-refractivity contribution is 14.0. The van der Waals surface area contributed by atoms with E-state index >= 15 is 0 Å². The van der Waals surface area contributed by atoms with Crippen LogP contribution in [0, 0.1) is 5.82 Å². The van der Waals surface area contributed by atoms with E-state index < -0.39 is 0 Å². The molecule has 1 aromatic heterocycles. The molecule has 0 aliphatic rings. The number of hydrogen-bond donors (Lipinski definition) is 3. The van der Waals surface area contributed by atoms with Crippen LogP contribution in [0.25, 0.3) is 10.9 Å². The summed E-state index contributed by atoms with van der Waals surface area (Å²) >= 11 is 0. The van der Waals surface area contributed by atoms with Crippen molar-refractivity contribution in [2.45, 2.75) is 13.3 Å². The van der Waals surface area contributed by atoms with Crippen LogP contribution < -0.4 is 10.6 Å². The molecule has 134 valence electrons. The molecule has 0 fully saturated rings. The number of guanidine groups is 1. The lowest BCUT2D eigenvalue weighted by atomic mass is 10.1. The van der Waals surface area contributed by atoms with Crippen molar-refractivity contribution in [2.75, 3.05) is 40.3 Å². The standard InChI is InChI=1S/C17H26FN5.HI/c1-4-23(3)10-9-21-17(19-2)20-8-7-13-12-22-16-6-5-14(18)11-15(13)16;/h5-6,11-12,22H,4,7-10H2,1-3H3,(H2,19,20,21);1H. The number of benzene rings is 1. The predicted molar refractivity (Wildman–Crippen MR) is 110 cm³/mol. The van der Waals surface area contributed by atoms with E-state index in [1.807, 2.05) is 6.20 Å². The smallest absolute Gasteiger partial charge is 0.191 e. The molecular weight excluding hydrogens is 420 g/mol. The van der Waals surface area contributed by atoms with E-state index in [2.05, 4.69) is 39.5 Å². The third-order valence-electron chi connectivity index (χ3n) is 3.97. The summed E-state index contributed by atoms with van der Waals surface area (Å²) in [6.45, 7) is 5.73. The van der Waals surface area contributed by atoms with E-state index in [9.17, 15) is 4.39 Å². The molecule has 24 heavy (non-hydrogen) atoms. The number of aromatic nitrogens is 1. The summed E-state index contributed by atoms with van der Waals surface area (Å²) in [7, 11) is 3.86. The van der Waals surface area contributed by atoms with Crippen LogP contribution in [0.5, 0.6) is 0 Å². The number of likely N-dealkylation sites (N-methyl/N-ethyl adjacent to an activating group) is 1. The molecule has 0 bridgehead atoms. The van der Waals surface area contributed by atoms with Crippen molar-refractivity contribution < 1.29 is 4.39 Å². The van der Waals surface area contributed by atoms with Gasteiger partial charge in [0.2, 0.25) is 0 Å². The third kappa shape index (κ3) is 5.94. The zero-order valence-corrected chi connectivity index (χ0v) is 16.9. The molecule has 0 saturated carbocycles. The molecule has 3 N–H and O–H groups in total. The Balaban J connectivity index is 0.00000288. The number of H-pyrrole nitrogens is 1. The van der Waals surface area contributed by atoms with E-state index in [4.69, 9.17) is 0 Å². The number of rotatable bonds is 7. The number of nitrogens with zero attached hydrogens (tertiary/aromatic N) is 2. The molecule has 5 nitrogen and oxygen atoms in total. The molecule has 0 unspecified atom stereocenters. The monoisotopic (exact) mass is 447 g/mol. The topological polar surface area (TPSA) is 55.4 Å². The molecule has 1 heterocycles. The van der Waals surface area contributed by atoms with Gasteiger partial charge in [-0.3, -0.25) is 4.99 Å². The Morgan fingerprint density at radius 3 is 2.75 bits per heavy atom. The summed E-state index contributed by atoms with van der Waals surface area (Å²) in [5.41, 5.74) is 2.07. The second kappa shape index (κ2) is 10.5. The lowest BCUT2D eigenvalue weighted by molar-refractivity contribution is 0.357. The number of halogens is 2. The maximum absolute atomic E-state index is 13.4. The average Bonchev–Trinajstić information content (AvgIpc) is 2.95. The molecular formula is C17H27FIN5. The van der Waals surface area contributed by atoms with Gasteiger partial charge in [-0.2, -0.15) is 0 Å². The highest BCUT2D eigenvalue weighted by Gasteiger charge is 2.05. The number of aromatic amines is 1. The summed E-state index contributed by atoms with van der Waals surface area (Å²) in [6, 6.07) is 4.82. The Hall–Kier alpha value is -1.35. The van der Waals surface area contributed by atoms with Gasteiger partial charge in [-0.05, 0) is 43.8 Å². The minimum atomic E-state index is -0.205. The summed E-state index contributed by atoms with van der Waals surface area (Å²) in [5, 5.41) is 7.53. The number of aliphatic imine (C=N–C) groups is 1. The molecule has 2 aromatic rings. The quantitative estimate of drug-likeness (QED) is 0.348. The lowest BCUT2D eigenvalue weighted by Gasteiger charge is -2.16. The van der Waals surface area contributed by atoms with Crippen LogP contribution in [0.3, 0.4) is 0 Å². The zero-order chi connectivity index (χ0) is 16.7. The first-order valence-corrected chi connectivity index (χ1v) is 8.02. The molecule has 7 heteroatoms. The van der Waals surface area contributed by atoms with Gasteiger partial charge in [-0.15, -0.1) is 24.0 Å². The Morgan fingerprint density at radius 2 is 2.04 bits per heavy atom. The Morgan fingerprint density at radius 1 is 1.29 bits per heavy atom. The fraction of sp³-hybridized carbons (Fsp3) is 0.471. The van der Waals surface area contributed by atoms with Gasteiger partial charge in [0, 0.05) is 43.8 Å². The predicted octanol–water partition coefficient (Wildman–Crippen LogP) is 2.58. The first-order valence-electron chi connectivity index (χ1n) is 8.02. The first kappa shape index (κ1) is 20.7. The Labute approximate surface area is 160 Å². The van der Waals surface area contributed by atoms with Gasteiger partial charge in [0.25, 0.3) is 0 Å². The van der Waals surface area contributed by atoms with Gasteiger partial charge in [0.05, 0.1) is 0 Å². The number of hydrogen-bond acceptors (Lipinski definition) is 2. The van der Waals surface area contributed by atoms with E-state index in [1.165, 1.54) is 6.07 Å². The van der Waals surface area contributed by atoms with Crippen LogP contribution in [0.15, 0.2) is 29.4 Å².